The van der Waals surface area contributed by atoms with Crippen LogP contribution in [0, 0.1) is 28.1 Å². The number of aliphatic hydroxyl groups excluding tert-OH is 1. The third kappa shape index (κ3) is 11.1. The molecule has 0 aromatic carbocycles. The summed E-state index contributed by atoms with van der Waals surface area (Å²) in [4.78, 5) is 33.7. The Balaban J connectivity index is 0.000000242. The van der Waals surface area contributed by atoms with Crippen LogP contribution in [-0.4, -0.2) is 137 Å². The van der Waals surface area contributed by atoms with E-state index in [9.17, 15) is 23.7 Å². The number of H-pyrrole nitrogens is 1. The number of hydrogen-bond donors (Lipinski definition) is 2. The van der Waals surface area contributed by atoms with Gasteiger partial charge in [0, 0.05) is 85.4 Å². The van der Waals surface area contributed by atoms with Crippen molar-refractivity contribution in [2.24, 2.45) is 13.5 Å². The maximum absolute atomic E-state index is 14.4. The molecule has 2 aliphatic rings. The Morgan fingerprint density at radius 3 is 1.53 bits per heavy atom. The summed E-state index contributed by atoms with van der Waals surface area (Å²) in [5, 5.41) is 37.0. The predicted molar refractivity (Wildman–Crippen MR) is 307 cm³/mol. The van der Waals surface area contributed by atoms with E-state index >= 15 is 0 Å². The first-order valence-electron chi connectivity index (χ1n) is 25.7. The second-order valence-electron chi connectivity index (χ2n) is 24.7. The zero-order chi connectivity index (χ0) is 56.8. The summed E-state index contributed by atoms with van der Waals surface area (Å²) in [6.45, 7) is 37.0. The first kappa shape index (κ1) is 59.8. The molecule has 6 aromatic heterocycles. The Kier molecular flexibility index (Phi) is 16.8. The largest absolute Gasteiger partial charge is 0.400 e. The number of rotatable bonds is 12. The molecule has 24 heteroatoms. The fourth-order valence-electron chi connectivity index (χ4n) is 8.63. The van der Waals surface area contributed by atoms with Crippen molar-refractivity contribution in [1.29, 1.82) is 10.5 Å². The smallest absolute Gasteiger partial charge is 0.237 e. The highest BCUT2D eigenvalue weighted by Gasteiger charge is 2.53. The number of aliphatic hydroxyl groups is 1. The zero-order valence-electron chi connectivity index (χ0n) is 47.9. The summed E-state index contributed by atoms with van der Waals surface area (Å²) in [5.41, 5.74) is 2.67. The van der Waals surface area contributed by atoms with Crippen LogP contribution in [-0.2, 0) is 30.9 Å². The van der Waals surface area contributed by atoms with E-state index in [-0.39, 0.29) is 39.3 Å². The molecule has 0 amide bonds. The number of aromatic nitrogens is 10. The molecular formula is C52H80N16O4S2Si2. The molecular weight excluding hydrogens is 1030 g/mol. The Bertz CT molecular complexity index is 3420. The van der Waals surface area contributed by atoms with E-state index in [1.54, 1.807) is 23.2 Å². The van der Waals surface area contributed by atoms with Crippen molar-refractivity contribution >= 4 is 64.3 Å². The molecule has 0 aliphatic carbocycles. The maximum Gasteiger partial charge on any atom is 0.237 e. The van der Waals surface area contributed by atoms with Gasteiger partial charge in [0.15, 0.2) is 22.1 Å². The van der Waals surface area contributed by atoms with E-state index in [4.69, 9.17) is 13.2 Å². The van der Waals surface area contributed by atoms with Crippen molar-refractivity contribution in [3.63, 3.8) is 0 Å². The van der Waals surface area contributed by atoms with Gasteiger partial charge < -0.3 is 10.1 Å². The van der Waals surface area contributed by atoms with Gasteiger partial charge in [-0.05, 0) is 76.1 Å². The predicted octanol–water partition coefficient (Wildman–Crippen LogP) is 9.85. The second-order valence-corrected chi connectivity index (χ2v) is 40.5. The van der Waals surface area contributed by atoms with Crippen molar-refractivity contribution in [2.75, 3.05) is 33.3 Å². The number of hydrogen-bond acceptors (Lipinski definition) is 14. The van der Waals surface area contributed by atoms with Crippen LogP contribution in [0.5, 0.6) is 0 Å². The van der Waals surface area contributed by atoms with Crippen molar-refractivity contribution in [1.82, 2.24) is 57.7 Å². The topological polar surface area (TPSA) is 258 Å². The monoisotopic (exact) mass is 1110 g/mol. The van der Waals surface area contributed by atoms with Gasteiger partial charge in [0.2, 0.25) is 5.91 Å². The zero-order valence-corrected chi connectivity index (χ0v) is 51.5. The summed E-state index contributed by atoms with van der Waals surface area (Å²) in [5.74, 6) is -0.0535. The molecule has 8 rings (SSSR count). The number of nitrogens with one attached hydrogen (secondary N) is 1. The van der Waals surface area contributed by atoms with Crippen LogP contribution in [0.15, 0.2) is 70.0 Å². The van der Waals surface area contributed by atoms with Gasteiger partial charge in [0.1, 0.15) is 49.2 Å². The maximum atomic E-state index is 14.4. The van der Waals surface area contributed by atoms with Gasteiger partial charge in [-0.2, -0.15) is 20.7 Å². The molecule has 2 saturated heterocycles. The van der Waals surface area contributed by atoms with Crippen molar-refractivity contribution in [3.05, 3.63) is 62.0 Å². The molecule has 412 valence electrons. The molecule has 76 heavy (non-hydrogen) atoms. The minimum Gasteiger partial charge on any atom is -0.400 e. The number of carbonyl (C=O) groups excluding carboxylic acids is 1. The molecule has 0 saturated carbocycles. The highest BCUT2D eigenvalue weighted by Crippen LogP contribution is 2.44. The Hall–Kier alpha value is -5.48. The summed E-state index contributed by atoms with van der Waals surface area (Å²) < 4.78 is 48.0. The van der Waals surface area contributed by atoms with E-state index in [2.05, 4.69) is 115 Å². The SMILES string of the molecule is CC(C)S(=O)(=N[Si](C)(C)C(C)(C)C)N1CC(CC#N)(n2cc(-c3ncnc4[nH]ccc34)cn2)C1.CC(C)S(=O)(=N[Si](C)(C)C(C)(C)C)N1CC(CC#N)(n2cc(-c3ncnc4c3ccn4C(=O)C(C)(C)C)cn2)C1.CO. The van der Waals surface area contributed by atoms with Crippen LogP contribution >= 0.6 is 0 Å². The fraction of sp³-hybridized carbons (Fsp3) is 0.596. The molecule has 2 fully saturated rings. The summed E-state index contributed by atoms with van der Waals surface area (Å²) >= 11 is 0. The lowest BCUT2D eigenvalue weighted by molar-refractivity contribution is 0.0744. The van der Waals surface area contributed by atoms with Crippen molar-refractivity contribution in [2.45, 2.75) is 161 Å². The van der Waals surface area contributed by atoms with Gasteiger partial charge in [-0.3, -0.25) is 26.8 Å². The standard InChI is InChI=1S/C28H42N8O2SSi.C23H34N8OSSi.CH4O/c1-20(2)39(38,33-40(9,10)27(6,7)8)34-17-28(18-34,12-13-29)36-16-21(15-32-36)23-22-11-14-35(24(22)31-19-30-23)25(37)26(3,4)5;1-17(2)33(32,29-34(6,7)22(3,4)5)30-14-23(15-30,9-10-24)31-13-18(12-28-31)20-19-8-11-25-21(19)27-16-26-20;1-2/h11,14-16,19-20H,12,17-18H2,1-10H3;8,11-13,16-17H,9,14-15H2,1-7H3,(H,25,26,27);2H,1H3. The van der Waals surface area contributed by atoms with Gasteiger partial charge >= 0.3 is 0 Å². The van der Waals surface area contributed by atoms with Crippen LogP contribution in [0.1, 0.15) is 108 Å². The quantitative estimate of drug-likeness (QED) is 0.109. The molecule has 0 spiro atoms. The average Bonchev–Trinajstić information content (AvgIpc) is 4.15. The van der Waals surface area contributed by atoms with Gasteiger partial charge in [-0.25, -0.2) is 37.0 Å². The molecule has 0 radical (unpaired) electrons. The number of fused-ring (bicyclic) bond motifs is 2. The third-order valence-corrected chi connectivity index (χ3v) is 33.0. The van der Waals surface area contributed by atoms with Crippen LogP contribution < -0.4 is 0 Å². The van der Waals surface area contributed by atoms with E-state index in [1.807, 2.05) is 97.2 Å². The van der Waals surface area contributed by atoms with Crippen LogP contribution in [0.4, 0.5) is 0 Å². The van der Waals surface area contributed by atoms with Gasteiger partial charge in [-0.15, -0.1) is 0 Å². The lowest BCUT2D eigenvalue weighted by Gasteiger charge is -2.51. The van der Waals surface area contributed by atoms with Crippen molar-refractivity contribution in [3.8, 4) is 34.7 Å². The molecule has 8 heterocycles. The molecule has 2 N–H and O–H groups in total. The normalized spacial score (nSPS) is 17.7. The number of nitrogens with zero attached hydrogens (tertiary/aromatic N) is 15. The Labute approximate surface area is 452 Å². The highest BCUT2D eigenvalue weighted by atomic mass is 32.2. The molecule has 0 bridgehead atoms. The van der Waals surface area contributed by atoms with Gasteiger partial charge in [0.05, 0.1) is 59.3 Å². The highest BCUT2D eigenvalue weighted by molar-refractivity contribution is 7.93. The summed E-state index contributed by atoms with van der Waals surface area (Å²) in [6, 6.07) is 8.44. The molecule has 2 atom stereocenters. The van der Waals surface area contributed by atoms with Crippen LogP contribution in [0.3, 0.4) is 0 Å². The lowest BCUT2D eigenvalue weighted by Crippen LogP contribution is -2.65. The van der Waals surface area contributed by atoms with E-state index in [0.29, 0.717) is 37.5 Å². The van der Waals surface area contributed by atoms with Crippen LogP contribution in [0.2, 0.25) is 36.3 Å². The lowest BCUT2D eigenvalue weighted by atomic mass is 9.89. The minimum absolute atomic E-state index is 0.00283. The molecule has 2 unspecified atom stereocenters. The third-order valence-electron chi connectivity index (χ3n) is 15.4. The summed E-state index contributed by atoms with van der Waals surface area (Å²) in [6.07, 6.45) is 14.4. The Morgan fingerprint density at radius 1 is 0.711 bits per heavy atom. The fourth-order valence-corrected chi connectivity index (χ4v) is 21.6. The average molecular weight is 1110 g/mol. The van der Waals surface area contributed by atoms with Gasteiger partial charge in [0.25, 0.3) is 0 Å². The summed E-state index contributed by atoms with van der Waals surface area (Å²) in [7, 11) is -8.62. The number of aromatic amines is 1. The van der Waals surface area contributed by atoms with E-state index < -0.39 is 52.8 Å². The minimum atomic E-state index is -2.66. The van der Waals surface area contributed by atoms with E-state index in [1.165, 1.54) is 12.7 Å². The molecule has 2 aliphatic heterocycles. The number of nitriles is 2. The second kappa shape index (κ2) is 21.4. The number of carbonyl (C=O) groups is 1. The van der Waals surface area contributed by atoms with Crippen LogP contribution in [0.25, 0.3) is 44.6 Å². The van der Waals surface area contributed by atoms with Crippen molar-refractivity contribution < 1.29 is 18.3 Å². The first-order chi connectivity index (χ1) is 35.2. The molecule has 20 nitrogen and oxygen atoms in total. The van der Waals surface area contributed by atoms with Gasteiger partial charge in [-0.1, -0.05) is 62.3 Å². The first-order valence-corrected chi connectivity index (χ1v) is 34.6. The van der Waals surface area contributed by atoms with E-state index in [0.717, 1.165) is 40.4 Å². The molecule has 6 aromatic rings. The Morgan fingerprint density at radius 2 is 1.13 bits per heavy atom.